The minimum atomic E-state index is -4.34. The standard InChI is InChI=1S/C14H18F3N3/c1-19-4-6-20(7-5-19)13-12(14(15,16)17)8-11(9-18-13)10-2-3-10/h8-10H,2-7H2,1H3. The van der Waals surface area contributed by atoms with Gasteiger partial charge in [0, 0.05) is 32.4 Å². The lowest BCUT2D eigenvalue weighted by atomic mass is 10.1. The molecule has 0 spiro atoms. The van der Waals surface area contributed by atoms with E-state index in [9.17, 15) is 13.2 Å². The zero-order valence-corrected chi connectivity index (χ0v) is 11.5. The third kappa shape index (κ3) is 2.75. The molecule has 1 aromatic rings. The highest BCUT2D eigenvalue weighted by Gasteiger charge is 2.38. The van der Waals surface area contributed by atoms with Crippen molar-refractivity contribution in [1.82, 2.24) is 9.88 Å². The zero-order valence-electron chi connectivity index (χ0n) is 11.5. The molecule has 6 heteroatoms. The zero-order chi connectivity index (χ0) is 14.3. The Balaban J connectivity index is 1.92. The molecule has 3 rings (SSSR count). The van der Waals surface area contributed by atoms with Gasteiger partial charge in [0.1, 0.15) is 5.82 Å². The van der Waals surface area contributed by atoms with Gasteiger partial charge in [-0.15, -0.1) is 0 Å². The van der Waals surface area contributed by atoms with E-state index < -0.39 is 11.7 Å². The van der Waals surface area contributed by atoms with E-state index in [1.807, 2.05) is 7.05 Å². The van der Waals surface area contributed by atoms with Crippen molar-refractivity contribution in [3.8, 4) is 0 Å². The average Bonchev–Trinajstić information content (AvgIpc) is 3.22. The Morgan fingerprint density at radius 3 is 2.35 bits per heavy atom. The highest BCUT2D eigenvalue weighted by Crippen LogP contribution is 2.43. The first-order chi connectivity index (χ1) is 9.45. The Labute approximate surface area is 116 Å². The minimum absolute atomic E-state index is 0.0926. The van der Waals surface area contributed by atoms with E-state index in [0.29, 0.717) is 13.1 Å². The summed E-state index contributed by atoms with van der Waals surface area (Å²) in [5.74, 6) is 0.375. The van der Waals surface area contributed by atoms with Crippen LogP contribution in [0.5, 0.6) is 0 Å². The average molecular weight is 285 g/mol. The fraction of sp³-hybridized carbons (Fsp3) is 0.643. The molecule has 1 saturated heterocycles. The van der Waals surface area contributed by atoms with Crippen LogP contribution in [0.2, 0.25) is 0 Å². The van der Waals surface area contributed by atoms with Crippen molar-refractivity contribution in [1.29, 1.82) is 0 Å². The molecule has 0 amide bonds. The lowest BCUT2D eigenvalue weighted by molar-refractivity contribution is -0.137. The topological polar surface area (TPSA) is 19.4 Å². The molecule has 110 valence electrons. The Morgan fingerprint density at radius 2 is 1.80 bits per heavy atom. The van der Waals surface area contributed by atoms with Gasteiger partial charge >= 0.3 is 6.18 Å². The molecule has 1 aromatic heterocycles. The first-order valence-electron chi connectivity index (χ1n) is 6.96. The van der Waals surface area contributed by atoms with Crippen molar-refractivity contribution in [2.75, 3.05) is 38.1 Å². The third-order valence-electron chi connectivity index (χ3n) is 4.04. The van der Waals surface area contributed by atoms with Gasteiger partial charge in [0.05, 0.1) is 5.56 Å². The number of hydrogen-bond acceptors (Lipinski definition) is 3. The van der Waals surface area contributed by atoms with Crippen LogP contribution in [0.25, 0.3) is 0 Å². The van der Waals surface area contributed by atoms with Gasteiger partial charge in [0.25, 0.3) is 0 Å². The van der Waals surface area contributed by atoms with Crippen molar-refractivity contribution in [3.63, 3.8) is 0 Å². The van der Waals surface area contributed by atoms with E-state index in [2.05, 4.69) is 9.88 Å². The molecular weight excluding hydrogens is 267 g/mol. The van der Waals surface area contributed by atoms with Crippen molar-refractivity contribution in [3.05, 3.63) is 23.4 Å². The second kappa shape index (κ2) is 4.91. The second-order valence-corrected chi connectivity index (χ2v) is 5.70. The van der Waals surface area contributed by atoms with Crippen molar-refractivity contribution < 1.29 is 13.2 Å². The van der Waals surface area contributed by atoms with Crippen LogP contribution < -0.4 is 4.90 Å². The summed E-state index contributed by atoms with van der Waals surface area (Å²) in [4.78, 5) is 8.01. The maximum Gasteiger partial charge on any atom is 0.419 e. The van der Waals surface area contributed by atoms with Crippen LogP contribution in [-0.2, 0) is 6.18 Å². The largest absolute Gasteiger partial charge is 0.419 e. The lowest BCUT2D eigenvalue weighted by Gasteiger charge is -2.34. The van der Waals surface area contributed by atoms with Crippen LogP contribution in [0.1, 0.15) is 29.9 Å². The van der Waals surface area contributed by atoms with Gasteiger partial charge < -0.3 is 9.80 Å². The summed E-state index contributed by atoms with van der Waals surface area (Å²) in [5, 5.41) is 0. The molecule has 20 heavy (non-hydrogen) atoms. The summed E-state index contributed by atoms with van der Waals surface area (Å²) in [7, 11) is 1.98. The van der Waals surface area contributed by atoms with Crippen molar-refractivity contribution in [2.24, 2.45) is 0 Å². The molecule has 2 heterocycles. The molecule has 1 aliphatic carbocycles. The SMILES string of the molecule is CN1CCN(c2ncc(C3CC3)cc2C(F)(F)F)CC1. The number of pyridine rings is 1. The quantitative estimate of drug-likeness (QED) is 0.833. The van der Waals surface area contributed by atoms with Crippen molar-refractivity contribution in [2.45, 2.75) is 24.9 Å². The molecule has 0 radical (unpaired) electrons. The maximum absolute atomic E-state index is 13.3. The van der Waals surface area contributed by atoms with Gasteiger partial charge in [0.2, 0.25) is 0 Å². The number of nitrogens with zero attached hydrogens (tertiary/aromatic N) is 3. The van der Waals surface area contributed by atoms with Crippen LogP contribution in [0, 0.1) is 0 Å². The Morgan fingerprint density at radius 1 is 1.15 bits per heavy atom. The van der Waals surface area contributed by atoms with Gasteiger partial charge in [-0.1, -0.05) is 0 Å². The van der Waals surface area contributed by atoms with Crippen molar-refractivity contribution >= 4 is 5.82 Å². The van der Waals surface area contributed by atoms with Crippen LogP contribution in [0.4, 0.5) is 19.0 Å². The van der Waals surface area contributed by atoms with Crippen LogP contribution in [0.3, 0.4) is 0 Å². The number of alkyl halides is 3. The monoisotopic (exact) mass is 285 g/mol. The molecule has 0 N–H and O–H groups in total. The summed E-state index contributed by atoms with van der Waals surface area (Å²) in [6.07, 6.45) is -0.753. The van der Waals surface area contributed by atoms with Crippen LogP contribution in [-0.4, -0.2) is 43.1 Å². The summed E-state index contributed by atoms with van der Waals surface area (Å²) >= 11 is 0. The highest BCUT2D eigenvalue weighted by molar-refractivity contribution is 5.51. The van der Waals surface area contributed by atoms with Crippen LogP contribution in [0.15, 0.2) is 12.3 Å². The first-order valence-corrected chi connectivity index (χ1v) is 6.96. The minimum Gasteiger partial charge on any atom is -0.354 e. The summed E-state index contributed by atoms with van der Waals surface area (Å²) in [6, 6.07) is 1.30. The highest BCUT2D eigenvalue weighted by atomic mass is 19.4. The number of hydrogen-bond donors (Lipinski definition) is 0. The van der Waals surface area contributed by atoms with Gasteiger partial charge in [0.15, 0.2) is 0 Å². The van der Waals surface area contributed by atoms with Crippen LogP contribution >= 0.6 is 0 Å². The third-order valence-corrected chi connectivity index (χ3v) is 4.04. The number of halogens is 3. The fourth-order valence-electron chi connectivity index (χ4n) is 2.59. The predicted octanol–water partition coefficient (Wildman–Crippen LogP) is 2.73. The molecule has 0 bridgehead atoms. The Kier molecular flexibility index (Phi) is 3.36. The summed E-state index contributed by atoms with van der Waals surface area (Å²) < 4.78 is 39.8. The maximum atomic E-state index is 13.3. The van der Waals surface area contributed by atoms with E-state index in [-0.39, 0.29) is 11.7 Å². The van der Waals surface area contributed by atoms with E-state index in [0.717, 1.165) is 31.5 Å². The molecule has 3 nitrogen and oxygen atoms in total. The number of piperazine rings is 1. The molecule has 2 aliphatic rings. The summed E-state index contributed by atoms with van der Waals surface area (Å²) in [6.45, 7) is 2.72. The number of aromatic nitrogens is 1. The fourth-order valence-corrected chi connectivity index (χ4v) is 2.59. The molecule has 0 aromatic carbocycles. The van der Waals surface area contributed by atoms with E-state index >= 15 is 0 Å². The molecule has 0 unspecified atom stereocenters. The summed E-state index contributed by atoms with van der Waals surface area (Å²) in [5.41, 5.74) is 0.154. The normalized spacial score (nSPS) is 21.3. The number of rotatable bonds is 2. The smallest absolute Gasteiger partial charge is 0.354 e. The van der Waals surface area contributed by atoms with E-state index in [4.69, 9.17) is 0 Å². The predicted molar refractivity (Wildman–Crippen MR) is 70.9 cm³/mol. The Hall–Kier alpha value is -1.30. The second-order valence-electron chi connectivity index (χ2n) is 5.70. The van der Waals surface area contributed by atoms with Gasteiger partial charge in [-0.05, 0) is 37.4 Å². The van der Waals surface area contributed by atoms with E-state index in [1.165, 1.54) is 6.07 Å². The van der Waals surface area contributed by atoms with Gasteiger partial charge in [-0.3, -0.25) is 0 Å². The molecular formula is C14H18F3N3. The molecule has 0 atom stereocenters. The van der Waals surface area contributed by atoms with Gasteiger partial charge in [-0.25, -0.2) is 4.98 Å². The van der Waals surface area contributed by atoms with Gasteiger partial charge in [-0.2, -0.15) is 13.2 Å². The lowest BCUT2D eigenvalue weighted by Crippen LogP contribution is -2.45. The molecule has 1 saturated carbocycles. The number of likely N-dealkylation sites (N-methyl/N-ethyl adjacent to an activating group) is 1. The molecule has 1 aliphatic heterocycles. The van der Waals surface area contributed by atoms with E-state index in [1.54, 1.807) is 11.1 Å². The Bertz CT molecular complexity index is 489. The number of anilines is 1. The first kappa shape index (κ1) is 13.7. The molecule has 2 fully saturated rings.